The number of hydrogen-bond acceptors (Lipinski definition) is 5. The van der Waals surface area contributed by atoms with E-state index in [4.69, 9.17) is 13.6 Å². The maximum absolute atomic E-state index is 12.6. The van der Waals surface area contributed by atoms with Crippen LogP contribution in [-0.2, 0) is 13.6 Å². The van der Waals surface area contributed by atoms with Crippen LogP contribution in [-0.4, -0.2) is 48.9 Å². The Labute approximate surface area is 201 Å². The lowest BCUT2D eigenvalue weighted by Gasteiger charge is -2.40. The van der Waals surface area contributed by atoms with Crippen LogP contribution in [0, 0.1) is 0 Å². The summed E-state index contributed by atoms with van der Waals surface area (Å²) < 4.78 is 21.0. The maximum Gasteiger partial charge on any atom is 0.330 e. The third-order valence-corrected chi connectivity index (χ3v) is 17.5. The van der Waals surface area contributed by atoms with Crippen molar-refractivity contribution in [3.63, 3.8) is 0 Å². The topological polar surface area (TPSA) is 82.5 Å². The number of ether oxygens (including phenoxy) is 1. The van der Waals surface area contributed by atoms with E-state index < -0.39 is 34.1 Å². The predicted molar refractivity (Wildman–Crippen MR) is 138 cm³/mol. The molecule has 1 aliphatic heterocycles. The summed E-state index contributed by atoms with van der Waals surface area (Å²) in [6.45, 7) is 22.5. The molecule has 7 nitrogen and oxygen atoms in total. The average molecular weight is 583 g/mol. The van der Waals surface area contributed by atoms with Crippen LogP contribution in [0.25, 0.3) is 0 Å². The molecule has 10 heteroatoms. The normalized spacial score (nSPS) is 25.8. The zero-order valence-electron chi connectivity index (χ0n) is 20.5. The summed E-state index contributed by atoms with van der Waals surface area (Å²) in [5.74, 6) is 0. The number of nitrogens with zero attached hydrogens (tertiary/aromatic N) is 1. The van der Waals surface area contributed by atoms with Gasteiger partial charge < -0.3 is 13.6 Å². The molecule has 0 aromatic carbocycles. The molecular weight excluding hydrogens is 543 g/mol. The van der Waals surface area contributed by atoms with Gasteiger partial charge in [-0.1, -0.05) is 64.1 Å². The van der Waals surface area contributed by atoms with Crippen LogP contribution in [0.3, 0.4) is 0 Å². The molecule has 2 rings (SSSR count). The second kappa shape index (κ2) is 9.17. The molecule has 4 unspecified atom stereocenters. The minimum atomic E-state index is -2.14. The van der Waals surface area contributed by atoms with Gasteiger partial charge in [-0.15, -0.1) is 0 Å². The Hall–Kier alpha value is -0.276. The molecule has 0 saturated carbocycles. The highest BCUT2D eigenvalue weighted by molar-refractivity contribution is 14.1. The van der Waals surface area contributed by atoms with Crippen LogP contribution in [0.5, 0.6) is 0 Å². The number of rotatable bonds is 6. The number of alkyl halides is 1. The van der Waals surface area contributed by atoms with Crippen molar-refractivity contribution < 1.29 is 13.6 Å². The Morgan fingerprint density at radius 1 is 1.06 bits per heavy atom. The van der Waals surface area contributed by atoms with Gasteiger partial charge in [0.15, 0.2) is 22.9 Å². The summed E-state index contributed by atoms with van der Waals surface area (Å²) >= 11 is 2.38. The lowest BCUT2D eigenvalue weighted by atomic mass is 10.2. The molecule has 31 heavy (non-hydrogen) atoms. The summed E-state index contributed by atoms with van der Waals surface area (Å²) in [6.07, 6.45) is 0.341. The van der Waals surface area contributed by atoms with E-state index in [1.165, 1.54) is 16.8 Å². The van der Waals surface area contributed by atoms with Gasteiger partial charge in [-0.3, -0.25) is 14.3 Å². The second-order valence-corrected chi connectivity index (χ2v) is 22.4. The summed E-state index contributed by atoms with van der Waals surface area (Å²) in [6, 6.07) is 1.34. The Morgan fingerprint density at radius 2 is 1.61 bits per heavy atom. The Balaban J connectivity index is 2.37. The Kier molecular flexibility index (Phi) is 7.98. The lowest BCUT2D eigenvalue weighted by molar-refractivity contribution is -0.0486. The third-order valence-electron chi connectivity index (χ3n) is 7.04. The minimum Gasteiger partial charge on any atom is -0.414 e. The summed E-state index contributed by atoms with van der Waals surface area (Å²) in [5.41, 5.74) is -0.916. The SMILES string of the molecule is CC(C)(C)[Si](C)(C)OCC1OC(n2ccc(=O)[nH]c2=O)C(O[Si](C)(C)C(C)(C)C)C1I. The van der Waals surface area contributed by atoms with E-state index >= 15 is 0 Å². The molecule has 0 bridgehead atoms. The van der Waals surface area contributed by atoms with Crippen molar-refractivity contribution in [2.45, 2.75) is 100 Å². The van der Waals surface area contributed by atoms with Gasteiger partial charge in [-0.2, -0.15) is 0 Å². The zero-order chi connectivity index (χ0) is 24.0. The first-order valence-electron chi connectivity index (χ1n) is 10.8. The quantitative estimate of drug-likeness (QED) is 0.300. The van der Waals surface area contributed by atoms with Gasteiger partial charge in [0, 0.05) is 12.3 Å². The van der Waals surface area contributed by atoms with Gasteiger partial charge in [0.1, 0.15) is 6.10 Å². The monoisotopic (exact) mass is 582 g/mol. The lowest BCUT2D eigenvalue weighted by Crippen LogP contribution is -2.49. The zero-order valence-corrected chi connectivity index (χ0v) is 24.7. The van der Waals surface area contributed by atoms with Gasteiger partial charge in [0.25, 0.3) is 5.56 Å². The van der Waals surface area contributed by atoms with E-state index in [1.807, 2.05) is 0 Å². The standard InChI is InChI=1S/C21H39IN2O5Si2/c1-20(2,3)30(7,8)27-13-14-16(22)17(29-31(9,10)21(4,5)6)18(28-14)24-12-11-15(25)23-19(24)26/h11-12,14,16-18H,13H2,1-10H3,(H,23,25,26). The van der Waals surface area contributed by atoms with E-state index in [-0.39, 0.29) is 26.2 Å². The Morgan fingerprint density at radius 3 is 2.10 bits per heavy atom. The molecule has 2 heterocycles. The van der Waals surface area contributed by atoms with Crippen LogP contribution >= 0.6 is 22.6 Å². The first-order valence-corrected chi connectivity index (χ1v) is 17.9. The second-order valence-electron chi connectivity index (χ2n) is 11.4. The van der Waals surface area contributed by atoms with Crippen LogP contribution < -0.4 is 11.2 Å². The van der Waals surface area contributed by atoms with E-state index in [0.717, 1.165) is 0 Å². The Bertz CT molecular complexity index is 885. The van der Waals surface area contributed by atoms with Gasteiger partial charge in [-0.25, -0.2) is 4.79 Å². The van der Waals surface area contributed by atoms with Crippen LogP contribution in [0.1, 0.15) is 47.8 Å². The van der Waals surface area contributed by atoms with Crippen molar-refractivity contribution in [3.05, 3.63) is 33.1 Å². The number of hydrogen-bond donors (Lipinski definition) is 1. The summed E-state index contributed by atoms with van der Waals surface area (Å²) in [7, 11) is -4.09. The molecule has 1 aliphatic rings. The van der Waals surface area contributed by atoms with Crippen molar-refractivity contribution in [3.8, 4) is 0 Å². The molecular formula is C21H39IN2O5Si2. The van der Waals surface area contributed by atoms with E-state index in [0.29, 0.717) is 6.61 Å². The average Bonchev–Trinajstić information content (AvgIpc) is 2.87. The first kappa shape index (κ1) is 27.0. The molecule has 0 aliphatic carbocycles. The maximum atomic E-state index is 12.6. The fraction of sp³-hybridized carbons (Fsp3) is 0.810. The van der Waals surface area contributed by atoms with E-state index in [1.54, 1.807) is 0 Å². The molecule has 1 saturated heterocycles. The molecule has 0 spiro atoms. The van der Waals surface area contributed by atoms with Crippen LogP contribution in [0.2, 0.25) is 36.3 Å². The third kappa shape index (κ3) is 6.00. The van der Waals surface area contributed by atoms with Crippen molar-refractivity contribution in [1.29, 1.82) is 0 Å². The number of aromatic amines is 1. The van der Waals surface area contributed by atoms with Crippen molar-refractivity contribution >= 4 is 39.2 Å². The molecule has 178 valence electrons. The summed E-state index contributed by atoms with van der Waals surface area (Å²) in [4.78, 5) is 26.5. The predicted octanol–water partition coefficient (Wildman–Crippen LogP) is 4.65. The minimum absolute atomic E-state index is 0.000298. The largest absolute Gasteiger partial charge is 0.414 e. The number of halogens is 1. The molecule has 0 amide bonds. The molecule has 4 atom stereocenters. The van der Waals surface area contributed by atoms with Crippen molar-refractivity contribution in [2.75, 3.05) is 6.61 Å². The first-order chi connectivity index (χ1) is 13.9. The van der Waals surface area contributed by atoms with Crippen molar-refractivity contribution in [2.24, 2.45) is 0 Å². The van der Waals surface area contributed by atoms with Gasteiger partial charge in [0.2, 0.25) is 0 Å². The fourth-order valence-electron chi connectivity index (χ4n) is 2.83. The molecule has 1 N–H and O–H groups in total. The smallest absolute Gasteiger partial charge is 0.330 e. The highest BCUT2D eigenvalue weighted by atomic mass is 127. The molecule has 1 aromatic rings. The highest BCUT2D eigenvalue weighted by Crippen LogP contribution is 2.44. The van der Waals surface area contributed by atoms with E-state index in [9.17, 15) is 9.59 Å². The molecule has 0 radical (unpaired) electrons. The summed E-state index contributed by atoms with van der Waals surface area (Å²) in [5, 5.41) is 0.109. The van der Waals surface area contributed by atoms with Gasteiger partial charge in [-0.05, 0) is 36.3 Å². The van der Waals surface area contributed by atoms with Crippen molar-refractivity contribution in [1.82, 2.24) is 9.55 Å². The molecule has 1 fully saturated rings. The number of nitrogens with one attached hydrogen (secondary N) is 1. The van der Waals surface area contributed by atoms with Gasteiger partial charge in [0.05, 0.1) is 16.6 Å². The van der Waals surface area contributed by atoms with Gasteiger partial charge >= 0.3 is 5.69 Å². The molecule has 1 aromatic heterocycles. The fourth-order valence-corrected chi connectivity index (χ4v) is 6.30. The van der Waals surface area contributed by atoms with Crippen LogP contribution in [0.4, 0.5) is 0 Å². The van der Waals surface area contributed by atoms with Crippen LogP contribution in [0.15, 0.2) is 21.9 Å². The number of H-pyrrole nitrogens is 1. The highest BCUT2D eigenvalue weighted by Gasteiger charge is 2.51. The number of aromatic nitrogens is 2. The van der Waals surface area contributed by atoms with E-state index in [2.05, 4.69) is 95.3 Å².